The van der Waals surface area contributed by atoms with Crippen LogP contribution in [0.15, 0.2) is 71.5 Å². The largest absolute Gasteiger partial charge is 0.497 e. The van der Waals surface area contributed by atoms with Gasteiger partial charge in [-0.05, 0) is 47.7 Å². The lowest BCUT2D eigenvalue weighted by Crippen LogP contribution is -2.53. The van der Waals surface area contributed by atoms with Crippen molar-refractivity contribution in [1.82, 2.24) is 14.4 Å². The lowest BCUT2D eigenvalue weighted by Gasteiger charge is -2.46. The predicted molar refractivity (Wildman–Crippen MR) is 135 cm³/mol. The fraction of sp³-hybridized carbons (Fsp3) is 0.345. The number of piperidine rings is 1. The molecule has 1 fully saturated rings. The van der Waals surface area contributed by atoms with E-state index in [9.17, 15) is 14.4 Å². The summed E-state index contributed by atoms with van der Waals surface area (Å²) >= 11 is 0. The van der Waals surface area contributed by atoms with Gasteiger partial charge in [0.1, 0.15) is 5.75 Å². The maximum atomic E-state index is 14.4. The Kier molecular flexibility index (Phi) is 5.43. The van der Waals surface area contributed by atoms with Crippen molar-refractivity contribution in [3.05, 3.63) is 99.5 Å². The van der Waals surface area contributed by atoms with E-state index in [1.807, 2.05) is 70.1 Å². The third-order valence-corrected chi connectivity index (χ3v) is 8.09. The third kappa shape index (κ3) is 3.53. The third-order valence-electron chi connectivity index (χ3n) is 8.09. The predicted octanol–water partition coefficient (Wildman–Crippen LogP) is 3.41. The van der Waals surface area contributed by atoms with Crippen molar-refractivity contribution in [1.29, 1.82) is 0 Å². The van der Waals surface area contributed by atoms with Gasteiger partial charge in [0, 0.05) is 49.9 Å². The van der Waals surface area contributed by atoms with Crippen LogP contribution in [0.2, 0.25) is 0 Å². The molecule has 1 aromatic heterocycles. The molecule has 0 unspecified atom stereocenters. The average molecular weight is 484 g/mol. The lowest BCUT2D eigenvalue weighted by molar-refractivity contribution is -0.137. The summed E-state index contributed by atoms with van der Waals surface area (Å²) in [4.78, 5) is 43.8. The van der Waals surface area contributed by atoms with Crippen LogP contribution in [0.3, 0.4) is 0 Å². The number of likely N-dealkylation sites (N-methyl/N-ethyl adjacent to an activating group) is 1. The fourth-order valence-electron chi connectivity index (χ4n) is 6.43. The van der Waals surface area contributed by atoms with Crippen LogP contribution in [0.25, 0.3) is 0 Å². The Balaban J connectivity index is 1.40. The molecule has 0 spiro atoms. The van der Waals surface area contributed by atoms with Crippen molar-refractivity contribution in [2.45, 2.75) is 30.8 Å². The molecule has 6 rings (SSSR count). The molecule has 0 saturated carbocycles. The molecular formula is C29H29N3O4. The van der Waals surface area contributed by atoms with E-state index >= 15 is 0 Å². The van der Waals surface area contributed by atoms with Crippen LogP contribution in [0.4, 0.5) is 0 Å². The molecular weight excluding hydrogens is 454 g/mol. The zero-order valence-corrected chi connectivity index (χ0v) is 20.5. The van der Waals surface area contributed by atoms with E-state index in [0.29, 0.717) is 25.2 Å². The average Bonchev–Trinajstić information content (AvgIpc) is 2.91. The summed E-state index contributed by atoms with van der Waals surface area (Å²) in [6.45, 7) is 1.82. The zero-order valence-electron chi connectivity index (χ0n) is 20.5. The fourth-order valence-corrected chi connectivity index (χ4v) is 6.43. The molecule has 4 heterocycles. The van der Waals surface area contributed by atoms with Gasteiger partial charge in [-0.15, -0.1) is 0 Å². The van der Waals surface area contributed by atoms with Crippen LogP contribution in [0.1, 0.15) is 51.5 Å². The summed E-state index contributed by atoms with van der Waals surface area (Å²) in [6.07, 6.45) is 0.981. The first-order valence-corrected chi connectivity index (χ1v) is 12.4. The highest BCUT2D eigenvalue weighted by Crippen LogP contribution is 2.45. The Morgan fingerprint density at radius 3 is 2.47 bits per heavy atom. The molecule has 3 aliphatic rings. The van der Waals surface area contributed by atoms with Gasteiger partial charge in [0.2, 0.25) is 5.91 Å². The van der Waals surface area contributed by atoms with Gasteiger partial charge in [-0.25, -0.2) is 0 Å². The number of aromatic nitrogens is 1. The summed E-state index contributed by atoms with van der Waals surface area (Å²) in [5.74, 6) is 0.521. The normalized spacial score (nSPS) is 24.7. The van der Waals surface area contributed by atoms with Crippen LogP contribution < -0.4 is 10.3 Å². The van der Waals surface area contributed by atoms with Crippen molar-refractivity contribution < 1.29 is 14.3 Å². The number of ether oxygens (including phenoxy) is 1. The number of hydrogen-bond donors (Lipinski definition) is 0. The maximum absolute atomic E-state index is 14.4. The minimum atomic E-state index is -0.519. The van der Waals surface area contributed by atoms with E-state index in [-0.39, 0.29) is 29.2 Å². The number of carbonyl (C=O) groups excluding carboxylic acids is 2. The number of benzene rings is 2. The molecule has 2 bridgehead atoms. The van der Waals surface area contributed by atoms with Gasteiger partial charge in [0.05, 0.1) is 19.1 Å². The van der Waals surface area contributed by atoms with Gasteiger partial charge in [-0.2, -0.15) is 0 Å². The number of pyridine rings is 1. The van der Waals surface area contributed by atoms with Crippen molar-refractivity contribution in [3.63, 3.8) is 0 Å². The van der Waals surface area contributed by atoms with Gasteiger partial charge < -0.3 is 19.1 Å². The molecule has 2 amide bonds. The molecule has 0 aliphatic carbocycles. The van der Waals surface area contributed by atoms with Gasteiger partial charge in [-0.1, -0.05) is 36.4 Å². The topological polar surface area (TPSA) is 71.8 Å². The van der Waals surface area contributed by atoms with E-state index in [4.69, 9.17) is 4.74 Å². The summed E-state index contributed by atoms with van der Waals surface area (Å²) < 4.78 is 7.21. The molecule has 4 atom stereocenters. The number of fused-ring (bicyclic) bond motifs is 5. The Bertz CT molecular complexity index is 1400. The first-order chi connectivity index (χ1) is 17.5. The number of amides is 2. The molecule has 0 radical (unpaired) electrons. The molecule has 7 nitrogen and oxygen atoms in total. The quantitative estimate of drug-likeness (QED) is 0.573. The summed E-state index contributed by atoms with van der Waals surface area (Å²) in [7, 11) is 3.40. The van der Waals surface area contributed by atoms with E-state index in [2.05, 4.69) is 0 Å². The van der Waals surface area contributed by atoms with E-state index < -0.39 is 12.0 Å². The number of hydrogen-bond acceptors (Lipinski definition) is 4. The monoisotopic (exact) mass is 483 g/mol. The first kappa shape index (κ1) is 22.6. The van der Waals surface area contributed by atoms with Crippen molar-refractivity contribution >= 4 is 11.8 Å². The Morgan fingerprint density at radius 1 is 0.917 bits per heavy atom. The summed E-state index contributed by atoms with van der Waals surface area (Å²) in [5, 5.41) is 0. The second-order valence-corrected chi connectivity index (χ2v) is 10.1. The zero-order chi connectivity index (χ0) is 25.0. The Morgan fingerprint density at radius 2 is 1.69 bits per heavy atom. The highest BCUT2D eigenvalue weighted by atomic mass is 16.5. The Labute approximate surface area is 209 Å². The summed E-state index contributed by atoms with van der Waals surface area (Å²) in [5.41, 5.74) is 3.30. The smallest absolute Gasteiger partial charge is 0.254 e. The minimum absolute atomic E-state index is 0.0305. The second kappa shape index (κ2) is 8.66. The molecule has 0 N–H and O–H groups in total. The van der Waals surface area contributed by atoms with E-state index in [0.717, 1.165) is 29.0 Å². The van der Waals surface area contributed by atoms with E-state index in [1.165, 1.54) is 0 Å². The maximum Gasteiger partial charge on any atom is 0.254 e. The molecule has 3 aromatic rings. The lowest BCUT2D eigenvalue weighted by atomic mass is 9.77. The Hall–Kier alpha value is -3.87. The van der Waals surface area contributed by atoms with E-state index in [1.54, 1.807) is 25.1 Å². The van der Waals surface area contributed by atoms with Crippen molar-refractivity contribution in [2.24, 2.45) is 5.92 Å². The molecule has 2 aromatic carbocycles. The van der Waals surface area contributed by atoms with Crippen LogP contribution >= 0.6 is 0 Å². The standard InChI is InChI=1S/C29H29N3O4/c1-30-27(19-10-12-21(36-2)13-11-19)26(22-6-3-4-7-23(22)28(30)34)29(35)31-15-18-14-20(17-31)24-8-5-9-25(33)32(24)16-18/h3-13,18,20,26-27H,14-17H2,1-2H3/t18-,20+,26+,27+/m0/s1. The van der Waals surface area contributed by atoms with Crippen molar-refractivity contribution in [3.8, 4) is 5.75 Å². The molecule has 36 heavy (non-hydrogen) atoms. The van der Waals surface area contributed by atoms with Crippen LogP contribution in [-0.4, -0.2) is 53.4 Å². The van der Waals surface area contributed by atoms with Crippen LogP contribution in [0.5, 0.6) is 5.75 Å². The SMILES string of the molecule is COc1ccc([C@@H]2[C@H](C(=O)N3C[C@@H]4C[C@H](C3)c3cccc(=O)n3C4)c3ccccc3C(=O)N2C)cc1. The van der Waals surface area contributed by atoms with Crippen molar-refractivity contribution in [2.75, 3.05) is 27.2 Å². The number of methoxy groups -OCH3 is 1. The van der Waals surface area contributed by atoms with Crippen LogP contribution in [-0.2, 0) is 11.3 Å². The number of nitrogens with zero attached hydrogens (tertiary/aromatic N) is 3. The molecule has 7 heteroatoms. The minimum Gasteiger partial charge on any atom is -0.497 e. The molecule has 1 saturated heterocycles. The van der Waals surface area contributed by atoms with Crippen LogP contribution in [0, 0.1) is 5.92 Å². The molecule has 184 valence electrons. The van der Waals surface area contributed by atoms with Gasteiger partial charge >= 0.3 is 0 Å². The number of carbonyl (C=O) groups is 2. The highest BCUT2D eigenvalue weighted by molar-refractivity contribution is 6.01. The molecule has 3 aliphatic heterocycles. The summed E-state index contributed by atoms with van der Waals surface area (Å²) in [6, 6.07) is 20.1. The first-order valence-electron chi connectivity index (χ1n) is 12.4. The second-order valence-electron chi connectivity index (χ2n) is 10.1. The number of rotatable bonds is 3. The number of likely N-dealkylation sites (tertiary alicyclic amines) is 1. The van der Waals surface area contributed by atoms with Gasteiger partial charge in [0.25, 0.3) is 11.5 Å². The van der Waals surface area contributed by atoms with Gasteiger partial charge in [-0.3, -0.25) is 14.4 Å². The van der Waals surface area contributed by atoms with Gasteiger partial charge in [0.15, 0.2) is 0 Å². The highest BCUT2D eigenvalue weighted by Gasteiger charge is 2.46.